The van der Waals surface area contributed by atoms with E-state index in [0.717, 1.165) is 30.2 Å². The molecule has 5 N–H and O–H groups in total. The number of phenolic OH excluding ortho intramolecular Hbond substituents is 3. The summed E-state index contributed by atoms with van der Waals surface area (Å²) in [7, 11) is 3.91. The number of ether oxygens (including phenoxy) is 1. The summed E-state index contributed by atoms with van der Waals surface area (Å²) < 4.78 is 5.36. The zero-order valence-corrected chi connectivity index (χ0v) is 17.8. The van der Waals surface area contributed by atoms with Crippen LogP contribution in [0, 0.1) is 0 Å². The van der Waals surface area contributed by atoms with Crippen LogP contribution in [-0.4, -0.2) is 64.4 Å². The third-order valence-corrected chi connectivity index (χ3v) is 7.35. The SMILES string of the molecule is O=C(CCCCC1CCSS1)NCCOCCNC(=O)c1cc(O)c(O)c(O)c1. The van der Waals surface area contributed by atoms with E-state index in [4.69, 9.17) is 4.74 Å². The van der Waals surface area contributed by atoms with E-state index in [0.29, 0.717) is 19.6 Å². The van der Waals surface area contributed by atoms with Gasteiger partial charge in [-0.05, 0) is 31.4 Å². The van der Waals surface area contributed by atoms with E-state index >= 15 is 0 Å². The minimum Gasteiger partial charge on any atom is -0.504 e. The fourth-order valence-electron chi connectivity index (χ4n) is 2.75. The molecule has 2 amide bonds. The average molecular weight is 445 g/mol. The molecule has 0 spiro atoms. The number of aromatic hydroxyl groups is 3. The Bertz CT molecular complexity index is 660. The number of carbonyl (C=O) groups is 2. The average Bonchev–Trinajstić information content (AvgIpc) is 3.21. The number of benzene rings is 1. The lowest BCUT2D eigenvalue weighted by Crippen LogP contribution is -2.30. The molecule has 2 rings (SSSR count). The molecule has 0 saturated carbocycles. The number of amides is 2. The van der Waals surface area contributed by atoms with Crippen LogP contribution in [0.1, 0.15) is 42.5 Å². The number of rotatable bonds is 12. The number of hydrogen-bond acceptors (Lipinski definition) is 8. The Morgan fingerprint density at radius 2 is 1.76 bits per heavy atom. The van der Waals surface area contributed by atoms with Crippen molar-refractivity contribution in [1.82, 2.24) is 10.6 Å². The van der Waals surface area contributed by atoms with Crippen LogP contribution in [0.5, 0.6) is 17.2 Å². The van der Waals surface area contributed by atoms with Crippen LogP contribution in [0.15, 0.2) is 12.1 Å². The molecule has 0 aromatic heterocycles. The summed E-state index contributed by atoms with van der Waals surface area (Å²) in [6.07, 6.45) is 4.98. The molecule has 1 fully saturated rings. The molecule has 1 aliphatic heterocycles. The second kappa shape index (κ2) is 12.7. The van der Waals surface area contributed by atoms with Gasteiger partial charge in [-0.2, -0.15) is 0 Å². The fraction of sp³-hybridized carbons (Fsp3) is 0.579. The first-order valence-electron chi connectivity index (χ1n) is 9.63. The minimum atomic E-state index is -0.668. The predicted octanol–water partition coefficient (Wildman–Crippen LogP) is 2.38. The van der Waals surface area contributed by atoms with Crippen LogP contribution in [0.4, 0.5) is 0 Å². The molecule has 1 heterocycles. The highest BCUT2D eigenvalue weighted by atomic mass is 33.1. The third-order valence-electron chi connectivity index (χ3n) is 4.34. The Labute approximate surface area is 178 Å². The van der Waals surface area contributed by atoms with E-state index in [1.165, 1.54) is 18.6 Å². The monoisotopic (exact) mass is 444 g/mol. The van der Waals surface area contributed by atoms with Gasteiger partial charge in [0, 0.05) is 36.1 Å². The second-order valence-corrected chi connectivity index (χ2v) is 9.44. The molecule has 8 nitrogen and oxygen atoms in total. The topological polar surface area (TPSA) is 128 Å². The Kier molecular flexibility index (Phi) is 10.3. The number of carbonyl (C=O) groups excluding carboxylic acids is 2. The number of phenols is 3. The van der Waals surface area contributed by atoms with Crippen LogP contribution in [0.25, 0.3) is 0 Å². The normalized spacial score (nSPS) is 15.9. The van der Waals surface area contributed by atoms with Crippen molar-refractivity contribution in [2.45, 2.75) is 37.4 Å². The third kappa shape index (κ3) is 8.63. The van der Waals surface area contributed by atoms with Crippen molar-refractivity contribution >= 4 is 33.4 Å². The van der Waals surface area contributed by atoms with Gasteiger partial charge in [-0.25, -0.2) is 0 Å². The predicted molar refractivity (Wildman–Crippen MR) is 115 cm³/mol. The van der Waals surface area contributed by atoms with Crippen molar-refractivity contribution in [3.63, 3.8) is 0 Å². The molecule has 29 heavy (non-hydrogen) atoms. The Morgan fingerprint density at radius 1 is 1.07 bits per heavy atom. The van der Waals surface area contributed by atoms with Gasteiger partial charge in [0.25, 0.3) is 5.91 Å². The smallest absolute Gasteiger partial charge is 0.251 e. The highest BCUT2D eigenvalue weighted by Gasteiger charge is 2.16. The first-order valence-corrected chi connectivity index (χ1v) is 12.0. The van der Waals surface area contributed by atoms with Crippen LogP contribution in [0.2, 0.25) is 0 Å². The van der Waals surface area contributed by atoms with Crippen LogP contribution in [0.3, 0.4) is 0 Å². The molecular formula is C19H28N2O6S2. The van der Waals surface area contributed by atoms with Gasteiger partial charge in [-0.15, -0.1) is 0 Å². The van der Waals surface area contributed by atoms with Gasteiger partial charge in [0.1, 0.15) is 0 Å². The molecule has 1 atom stereocenters. The zero-order chi connectivity index (χ0) is 21.1. The molecule has 1 aromatic rings. The molecule has 162 valence electrons. The lowest BCUT2D eigenvalue weighted by Gasteiger charge is -2.09. The molecule has 10 heteroatoms. The Balaban J connectivity index is 1.46. The van der Waals surface area contributed by atoms with Crippen molar-refractivity contribution < 1.29 is 29.6 Å². The maximum absolute atomic E-state index is 11.9. The van der Waals surface area contributed by atoms with Gasteiger partial charge >= 0.3 is 0 Å². The zero-order valence-electron chi connectivity index (χ0n) is 16.2. The second-order valence-electron chi connectivity index (χ2n) is 6.66. The van der Waals surface area contributed by atoms with Gasteiger partial charge in [-0.3, -0.25) is 9.59 Å². The van der Waals surface area contributed by atoms with Crippen LogP contribution >= 0.6 is 21.6 Å². The largest absolute Gasteiger partial charge is 0.504 e. The quantitative estimate of drug-likeness (QED) is 0.189. The Morgan fingerprint density at radius 3 is 2.41 bits per heavy atom. The summed E-state index contributed by atoms with van der Waals surface area (Å²) in [5.41, 5.74) is 0.0235. The molecule has 1 unspecified atom stereocenters. The lowest BCUT2D eigenvalue weighted by atomic mass is 10.1. The summed E-state index contributed by atoms with van der Waals surface area (Å²) in [5.74, 6) is -1.05. The van der Waals surface area contributed by atoms with Crippen LogP contribution in [-0.2, 0) is 9.53 Å². The molecule has 1 saturated heterocycles. The van der Waals surface area contributed by atoms with Crippen molar-refractivity contribution in [2.24, 2.45) is 0 Å². The maximum atomic E-state index is 11.9. The van der Waals surface area contributed by atoms with Crippen LogP contribution < -0.4 is 10.6 Å². The number of hydrogen-bond donors (Lipinski definition) is 5. The molecule has 1 aromatic carbocycles. The molecule has 0 aliphatic carbocycles. The van der Waals surface area contributed by atoms with E-state index in [-0.39, 0.29) is 24.6 Å². The van der Waals surface area contributed by atoms with Crippen molar-refractivity contribution in [2.75, 3.05) is 32.1 Å². The van der Waals surface area contributed by atoms with Gasteiger partial charge in [0.15, 0.2) is 17.2 Å². The van der Waals surface area contributed by atoms with E-state index in [2.05, 4.69) is 10.6 Å². The highest BCUT2D eigenvalue weighted by molar-refractivity contribution is 8.77. The Hall–Kier alpha value is -1.78. The first-order chi connectivity index (χ1) is 14.0. The van der Waals surface area contributed by atoms with Crippen molar-refractivity contribution in [3.05, 3.63) is 17.7 Å². The number of nitrogens with one attached hydrogen (secondary N) is 2. The molecular weight excluding hydrogens is 416 g/mol. The summed E-state index contributed by atoms with van der Waals surface area (Å²) >= 11 is 0. The van der Waals surface area contributed by atoms with E-state index in [1.807, 2.05) is 21.6 Å². The standard InChI is InChI=1S/C19H28N2O6S2/c22-15-11-13(12-16(23)18(15)25)19(26)21-7-9-27-8-6-20-17(24)4-2-1-3-14-5-10-28-29-14/h11-12,14,22-23,25H,1-10H2,(H,20,24)(H,21,26). The van der Waals surface area contributed by atoms with Gasteiger partial charge in [0.05, 0.1) is 13.2 Å². The van der Waals surface area contributed by atoms with Gasteiger partial charge < -0.3 is 30.7 Å². The molecule has 0 radical (unpaired) electrons. The van der Waals surface area contributed by atoms with E-state index < -0.39 is 23.2 Å². The molecule has 0 bridgehead atoms. The van der Waals surface area contributed by atoms with Crippen molar-refractivity contribution in [3.8, 4) is 17.2 Å². The molecule has 1 aliphatic rings. The van der Waals surface area contributed by atoms with Crippen molar-refractivity contribution in [1.29, 1.82) is 0 Å². The van der Waals surface area contributed by atoms with E-state index in [1.54, 1.807) is 0 Å². The minimum absolute atomic E-state index is 0.0235. The number of unbranched alkanes of at least 4 members (excludes halogenated alkanes) is 1. The first kappa shape index (κ1) is 23.5. The summed E-state index contributed by atoms with van der Waals surface area (Å²) in [4.78, 5) is 23.7. The summed E-state index contributed by atoms with van der Waals surface area (Å²) in [5, 5.41) is 34.2. The van der Waals surface area contributed by atoms with Gasteiger partial charge in [0.2, 0.25) is 5.91 Å². The summed E-state index contributed by atoms with van der Waals surface area (Å²) in [6.45, 7) is 1.25. The maximum Gasteiger partial charge on any atom is 0.251 e. The highest BCUT2D eigenvalue weighted by Crippen LogP contribution is 2.39. The van der Waals surface area contributed by atoms with Gasteiger partial charge in [-0.1, -0.05) is 28.0 Å². The fourth-order valence-corrected chi connectivity index (χ4v) is 5.78. The lowest BCUT2D eigenvalue weighted by molar-refractivity contribution is -0.121. The van der Waals surface area contributed by atoms with E-state index in [9.17, 15) is 24.9 Å². The summed E-state index contributed by atoms with van der Waals surface area (Å²) in [6, 6.07) is 2.12.